The van der Waals surface area contributed by atoms with Gasteiger partial charge in [0.1, 0.15) is 5.82 Å². The smallest absolute Gasteiger partial charge is 0.127 e. The van der Waals surface area contributed by atoms with E-state index in [2.05, 4.69) is 9.97 Å². The normalized spacial score (nSPS) is 10.3. The molecule has 88 valence electrons. The Kier molecular flexibility index (Phi) is 3.35. The van der Waals surface area contributed by atoms with Crippen molar-refractivity contribution in [2.24, 2.45) is 0 Å². The quantitative estimate of drug-likeness (QED) is 0.870. The summed E-state index contributed by atoms with van der Waals surface area (Å²) < 4.78 is 0. The van der Waals surface area contributed by atoms with Crippen LogP contribution in [0, 0.1) is 0 Å². The molecule has 2 rings (SSSR count). The van der Waals surface area contributed by atoms with E-state index in [9.17, 15) is 0 Å². The molecule has 4 nitrogen and oxygen atoms in total. The maximum atomic E-state index is 9.08. The number of hydrogen-bond donors (Lipinski definition) is 1. The minimum Gasteiger partial charge on any atom is -0.392 e. The van der Waals surface area contributed by atoms with Crippen molar-refractivity contribution >= 4 is 5.82 Å². The van der Waals surface area contributed by atoms with Crippen molar-refractivity contribution in [3.05, 3.63) is 42.2 Å². The van der Waals surface area contributed by atoms with Crippen LogP contribution in [0.2, 0.25) is 0 Å². The molecule has 0 radical (unpaired) electrons. The third-order valence-corrected chi connectivity index (χ3v) is 2.51. The van der Waals surface area contributed by atoms with Gasteiger partial charge in [0.2, 0.25) is 0 Å². The van der Waals surface area contributed by atoms with Gasteiger partial charge in [-0.2, -0.15) is 0 Å². The van der Waals surface area contributed by atoms with Crippen molar-refractivity contribution in [2.45, 2.75) is 6.61 Å². The summed E-state index contributed by atoms with van der Waals surface area (Å²) in [5.41, 5.74) is 2.63. The molecule has 0 aliphatic carbocycles. The number of aromatic nitrogens is 2. The summed E-state index contributed by atoms with van der Waals surface area (Å²) in [6, 6.07) is 7.59. The first kappa shape index (κ1) is 11.5. The van der Waals surface area contributed by atoms with Crippen molar-refractivity contribution in [3.63, 3.8) is 0 Å². The van der Waals surface area contributed by atoms with E-state index in [1.54, 1.807) is 18.5 Å². The van der Waals surface area contributed by atoms with Gasteiger partial charge in [0.15, 0.2) is 0 Å². The molecule has 17 heavy (non-hydrogen) atoms. The van der Waals surface area contributed by atoms with Crippen LogP contribution in [-0.2, 0) is 6.61 Å². The molecule has 0 aliphatic rings. The molecular formula is C13H15N3O. The summed E-state index contributed by atoms with van der Waals surface area (Å²) in [6.45, 7) is 0.0265. The van der Waals surface area contributed by atoms with Crippen LogP contribution in [-0.4, -0.2) is 29.2 Å². The van der Waals surface area contributed by atoms with E-state index in [0.717, 1.165) is 22.6 Å². The first-order valence-corrected chi connectivity index (χ1v) is 5.40. The Hall–Kier alpha value is -1.94. The molecule has 4 heteroatoms. The average Bonchev–Trinajstić information content (AvgIpc) is 2.39. The molecule has 0 saturated heterocycles. The number of aliphatic hydroxyl groups excluding tert-OH is 1. The molecule has 0 atom stereocenters. The highest BCUT2D eigenvalue weighted by Crippen LogP contribution is 2.19. The van der Waals surface area contributed by atoms with Crippen molar-refractivity contribution in [3.8, 4) is 11.3 Å². The molecule has 0 amide bonds. The standard InChI is InChI=1S/C13H15N3O/c1-16(2)13-4-3-11(8-15-13)12-7-10(9-17)5-6-14-12/h3-8,17H,9H2,1-2H3. The maximum absolute atomic E-state index is 9.08. The minimum absolute atomic E-state index is 0.0265. The molecule has 1 N–H and O–H groups in total. The zero-order valence-corrected chi connectivity index (χ0v) is 9.96. The van der Waals surface area contributed by atoms with Crippen molar-refractivity contribution in [1.82, 2.24) is 9.97 Å². The molecule has 2 heterocycles. The monoisotopic (exact) mass is 229 g/mol. The van der Waals surface area contributed by atoms with Crippen LogP contribution in [0.1, 0.15) is 5.56 Å². The summed E-state index contributed by atoms with van der Waals surface area (Å²) in [7, 11) is 3.90. The Morgan fingerprint density at radius 2 is 2.00 bits per heavy atom. The second-order valence-electron chi connectivity index (χ2n) is 4.01. The fourth-order valence-electron chi connectivity index (χ4n) is 1.53. The van der Waals surface area contributed by atoms with Crippen LogP contribution >= 0.6 is 0 Å². The molecular weight excluding hydrogens is 214 g/mol. The van der Waals surface area contributed by atoms with Crippen LogP contribution < -0.4 is 4.90 Å². The van der Waals surface area contributed by atoms with E-state index in [-0.39, 0.29) is 6.61 Å². The number of hydrogen-bond acceptors (Lipinski definition) is 4. The Morgan fingerprint density at radius 3 is 2.59 bits per heavy atom. The van der Waals surface area contributed by atoms with Crippen LogP contribution in [0.4, 0.5) is 5.82 Å². The predicted molar refractivity (Wildman–Crippen MR) is 67.7 cm³/mol. The third-order valence-electron chi connectivity index (χ3n) is 2.51. The fourth-order valence-corrected chi connectivity index (χ4v) is 1.53. The SMILES string of the molecule is CN(C)c1ccc(-c2cc(CO)ccn2)cn1. The summed E-state index contributed by atoms with van der Waals surface area (Å²) >= 11 is 0. The largest absolute Gasteiger partial charge is 0.392 e. The lowest BCUT2D eigenvalue weighted by atomic mass is 10.1. The Bertz CT molecular complexity index is 494. The minimum atomic E-state index is 0.0265. The van der Waals surface area contributed by atoms with Crippen molar-refractivity contribution < 1.29 is 5.11 Å². The molecule has 0 spiro atoms. The van der Waals surface area contributed by atoms with E-state index in [0.29, 0.717) is 0 Å². The number of aliphatic hydroxyl groups is 1. The molecule has 0 aromatic carbocycles. The van der Waals surface area contributed by atoms with Crippen molar-refractivity contribution in [1.29, 1.82) is 0 Å². The number of rotatable bonds is 3. The lowest BCUT2D eigenvalue weighted by molar-refractivity contribution is 0.282. The van der Waals surface area contributed by atoms with Gasteiger partial charge >= 0.3 is 0 Å². The summed E-state index contributed by atoms with van der Waals surface area (Å²) in [5.74, 6) is 0.909. The van der Waals surface area contributed by atoms with Gasteiger partial charge in [-0.25, -0.2) is 4.98 Å². The summed E-state index contributed by atoms with van der Waals surface area (Å²) in [4.78, 5) is 10.5. The van der Waals surface area contributed by atoms with E-state index < -0.39 is 0 Å². The zero-order valence-electron chi connectivity index (χ0n) is 9.96. The molecule has 0 aliphatic heterocycles. The van der Waals surface area contributed by atoms with Crippen LogP contribution in [0.3, 0.4) is 0 Å². The Labute approximate surface area is 101 Å². The van der Waals surface area contributed by atoms with E-state index in [4.69, 9.17) is 5.11 Å². The number of nitrogens with zero attached hydrogens (tertiary/aromatic N) is 3. The van der Waals surface area contributed by atoms with E-state index in [1.807, 2.05) is 37.2 Å². The lowest BCUT2D eigenvalue weighted by Gasteiger charge is -2.11. The molecule has 2 aromatic heterocycles. The van der Waals surface area contributed by atoms with Gasteiger partial charge in [-0.15, -0.1) is 0 Å². The second-order valence-corrected chi connectivity index (χ2v) is 4.01. The second kappa shape index (κ2) is 4.93. The topological polar surface area (TPSA) is 49.2 Å². The van der Waals surface area contributed by atoms with E-state index in [1.165, 1.54) is 0 Å². The van der Waals surface area contributed by atoms with Gasteiger partial charge in [0, 0.05) is 32.1 Å². The highest BCUT2D eigenvalue weighted by Gasteiger charge is 2.02. The lowest BCUT2D eigenvalue weighted by Crippen LogP contribution is -2.10. The highest BCUT2D eigenvalue weighted by atomic mass is 16.3. The van der Waals surface area contributed by atoms with Crippen LogP contribution in [0.15, 0.2) is 36.7 Å². The number of anilines is 1. The van der Waals surface area contributed by atoms with Gasteiger partial charge in [0.25, 0.3) is 0 Å². The molecule has 0 bridgehead atoms. The average molecular weight is 229 g/mol. The molecule has 0 fully saturated rings. The highest BCUT2D eigenvalue weighted by molar-refractivity contribution is 5.60. The van der Waals surface area contributed by atoms with Crippen LogP contribution in [0.5, 0.6) is 0 Å². The number of pyridine rings is 2. The molecule has 0 saturated carbocycles. The Morgan fingerprint density at radius 1 is 1.18 bits per heavy atom. The van der Waals surface area contributed by atoms with Gasteiger partial charge in [-0.05, 0) is 29.8 Å². The van der Waals surface area contributed by atoms with Gasteiger partial charge in [0.05, 0.1) is 12.3 Å². The van der Waals surface area contributed by atoms with Crippen LogP contribution in [0.25, 0.3) is 11.3 Å². The predicted octanol–water partition coefficient (Wildman–Crippen LogP) is 1.70. The van der Waals surface area contributed by atoms with Gasteiger partial charge in [-0.1, -0.05) is 0 Å². The zero-order chi connectivity index (χ0) is 12.3. The maximum Gasteiger partial charge on any atom is 0.127 e. The van der Waals surface area contributed by atoms with Gasteiger partial charge in [-0.3, -0.25) is 4.98 Å². The van der Waals surface area contributed by atoms with Crippen molar-refractivity contribution in [2.75, 3.05) is 19.0 Å². The first-order chi connectivity index (χ1) is 8.20. The summed E-state index contributed by atoms with van der Waals surface area (Å²) in [6.07, 6.45) is 3.49. The third kappa shape index (κ3) is 2.60. The molecule has 0 unspecified atom stereocenters. The molecule has 2 aromatic rings. The summed E-state index contributed by atoms with van der Waals surface area (Å²) in [5, 5.41) is 9.08. The van der Waals surface area contributed by atoms with Gasteiger partial charge < -0.3 is 10.0 Å². The van der Waals surface area contributed by atoms with E-state index >= 15 is 0 Å². The first-order valence-electron chi connectivity index (χ1n) is 5.40. The fraction of sp³-hybridized carbons (Fsp3) is 0.231. The Balaban J connectivity index is 2.32.